The first-order valence-corrected chi connectivity index (χ1v) is 5.19. The van der Waals surface area contributed by atoms with Gasteiger partial charge in [-0.1, -0.05) is 0 Å². The van der Waals surface area contributed by atoms with Crippen LogP contribution in [-0.2, 0) is 0 Å². The van der Waals surface area contributed by atoms with Crippen LogP contribution in [0.25, 0.3) is 11.0 Å². The van der Waals surface area contributed by atoms with Gasteiger partial charge in [0, 0.05) is 19.2 Å². The van der Waals surface area contributed by atoms with Crippen LogP contribution in [0.3, 0.4) is 0 Å². The lowest BCUT2D eigenvalue weighted by Gasteiger charge is -2.08. The second-order valence-electron chi connectivity index (χ2n) is 3.64. The van der Waals surface area contributed by atoms with Gasteiger partial charge in [0.25, 0.3) is 0 Å². The highest BCUT2D eigenvalue weighted by molar-refractivity contribution is 5.87. The zero-order valence-corrected chi connectivity index (χ0v) is 8.92. The average molecular weight is 244 g/mol. The molecule has 0 aromatic carbocycles. The van der Waals surface area contributed by atoms with Crippen molar-refractivity contribution in [1.29, 1.82) is 0 Å². The standard InChI is InChI=1S/C11H11F3N2O/c12-11(13,14)4-1-5-15-10-8-3-7-17-9(8)2-6-16-10/h2-3,6-7H,1,4-5H2,(H,15,16). The number of aromatic nitrogens is 1. The van der Waals surface area contributed by atoms with Crippen LogP contribution in [0.5, 0.6) is 0 Å². The van der Waals surface area contributed by atoms with Crippen molar-refractivity contribution in [1.82, 2.24) is 4.98 Å². The molecule has 92 valence electrons. The Morgan fingerprint density at radius 3 is 2.88 bits per heavy atom. The summed E-state index contributed by atoms with van der Waals surface area (Å²) in [6.07, 6.45) is -1.79. The number of pyridine rings is 1. The van der Waals surface area contributed by atoms with Crippen molar-refractivity contribution in [2.75, 3.05) is 11.9 Å². The van der Waals surface area contributed by atoms with Gasteiger partial charge in [-0.2, -0.15) is 13.2 Å². The number of alkyl halides is 3. The lowest BCUT2D eigenvalue weighted by molar-refractivity contribution is -0.134. The van der Waals surface area contributed by atoms with Crippen LogP contribution in [-0.4, -0.2) is 17.7 Å². The highest BCUT2D eigenvalue weighted by Gasteiger charge is 2.25. The van der Waals surface area contributed by atoms with E-state index in [2.05, 4.69) is 10.3 Å². The molecular formula is C11H11F3N2O. The maximum atomic E-state index is 11.9. The van der Waals surface area contributed by atoms with Crippen LogP contribution in [0, 0.1) is 0 Å². The van der Waals surface area contributed by atoms with Crippen LogP contribution in [0.1, 0.15) is 12.8 Å². The zero-order chi connectivity index (χ0) is 12.3. The molecular weight excluding hydrogens is 233 g/mol. The van der Waals surface area contributed by atoms with Crippen molar-refractivity contribution < 1.29 is 17.6 Å². The van der Waals surface area contributed by atoms with Crippen LogP contribution in [0.2, 0.25) is 0 Å². The Bertz CT molecular complexity index is 493. The van der Waals surface area contributed by atoms with E-state index >= 15 is 0 Å². The van der Waals surface area contributed by atoms with Crippen molar-refractivity contribution in [2.24, 2.45) is 0 Å². The summed E-state index contributed by atoms with van der Waals surface area (Å²) in [6.45, 7) is 0.233. The number of rotatable bonds is 4. The fourth-order valence-electron chi connectivity index (χ4n) is 1.53. The van der Waals surface area contributed by atoms with Gasteiger partial charge in [0.1, 0.15) is 11.4 Å². The van der Waals surface area contributed by atoms with Crippen LogP contribution in [0.15, 0.2) is 29.0 Å². The fourth-order valence-corrected chi connectivity index (χ4v) is 1.53. The van der Waals surface area contributed by atoms with Crippen molar-refractivity contribution >= 4 is 16.8 Å². The average Bonchev–Trinajstić information content (AvgIpc) is 2.71. The molecule has 0 aliphatic heterocycles. The third kappa shape index (κ3) is 3.12. The number of nitrogens with one attached hydrogen (secondary N) is 1. The Morgan fingerprint density at radius 1 is 1.29 bits per heavy atom. The Balaban J connectivity index is 1.93. The number of nitrogens with zero attached hydrogens (tertiary/aromatic N) is 1. The summed E-state index contributed by atoms with van der Waals surface area (Å²) in [6, 6.07) is 3.44. The molecule has 0 aliphatic rings. The van der Waals surface area contributed by atoms with E-state index in [0.29, 0.717) is 11.4 Å². The highest BCUT2D eigenvalue weighted by atomic mass is 19.4. The molecule has 0 fully saturated rings. The van der Waals surface area contributed by atoms with Crippen molar-refractivity contribution in [3.05, 3.63) is 24.6 Å². The van der Waals surface area contributed by atoms with E-state index < -0.39 is 12.6 Å². The SMILES string of the molecule is FC(F)(F)CCCNc1nccc2occc12. The minimum Gasteiger partial charge on any atom is -0.464 e. The molecule has 2 aromatic rings. The number of anilines is 1. The molecule has 0 saturated heterocycles. The molecule has 2 heterocycles. The van der Waals surface area contributed by atoms with E-state index in [9.17, 15) is 13.2 Å². The van der Waals surface area contributed by atoms with Gasteiger partial charge in [-0.3, -0.25) is 0 Å². The van der Waals surface area contributed by atoms with Crippen molar-refractivity contribution in [2.45, 2.75) is 19.0 Å². The fraction of sp³-hybridized carbons (Fsp3) is 0.364. The summed E-state index contributed by atoms with van der Waals surface area (Å²) in [5.74, 6) is 0.554. The first kappa shape index (κ1) is 11.8. The molecule has 0 spiro atoms. The van der Waals surface area contributed by atoms with Gasteiger partial charge in [0.2, 0.25) is 0 Å². The summed E-state index contributed by atoms with van der Waals surface area (Å²) >= 11 is 0. The van der Waals surface area contributed by atoms with Gasteiger partial charge in [0.15, 0.2) is 0 Å². The van der Waals surface area contributed by atoms with Crippen molar-refractivity contribution in [3.63, 3.8) is 0 Å². The third-order valence-corrected chi connectivity index (χ3v) is 2.31. The number of hydrogen-bond donors (Lipinski definition) is 1. The predicted molar refractivity (Wildman–Crippen MR) is 57.8 cm³/mol. The van der Waals surface area contributed by atoms with Gasteiger partial charge in [-0.15, -0.1) is 0 Å². The van der Waals surface area contributed by atoms with E-state index in [-0.39, 0.29) is 13.0 Å². The van der Waals surface area contributed by atoms with Crippen molar-refractivity contribution in [3.8, 4) is 0 Å². The Labute approximate surface area is 95.6 Å². The first-order chi connectivity index (χ1) is 8.06. The third-order valence-electron chi connectivity index (χ3n) is 2.31. The van der Waals surface area contributed by atoms with Crippen LogP contribution in [0.4, 0.5) is 19.0 Å². The zero-order valence-electron chi connectivity index (χ0n) is 8.92. The molecule has 3 nitrogen and oxygen atoms in total. The Kier molecular flexibility index (Phi) is 3.21. The lowest BCUT2D eigenvalue weighted by Crippen LogP contribution is -2.11. The summed E-state index contributed by atoms with van der Waals surface area (Å²) in [7, 11) is 0. The van der Waals surface area contributed by atoms with Gasteiger partial charge < -0.3 is 9.73 Å². The largest absolute Gasteiger partial charge is 0.464 e. The Morgan fingerprint density at radius 2 is 2.12 bits per heavy atom. The molecule has 0 aliphatic carbocycles. The van der Waals surface area contributed by atoms with E-state index in [0.717, 1.165) is 5.39 Å². The van der Waals surface area contributed by atoms with Crippen LogP contribution < -0.4 is 5.32 Å². The molecule has 6 heteroatoms. The maximum absolute atomic E-state index is 11.9. The minimum absolute atomic E-state index is 0.0272. The van der Waals surface area contributed by atoms with Gasteiger partial charge in [-0.25, -0.2) is 4.98 Å². The number of furan rings is 1. The molecule has 0 saturated carbocycles. The quantitative estimate of drug-likeness (QED) is 0.835. The van der Waals surface area contributed by atoms with E-state index in [4.69, 9.17) is 4.42 Å². The molecule has 2 rings (SSSR count). The van der Waals surface area contributed by atoms with Gasteiger partial charge >= 0.3 is 6.18 Å². The molecule has 0 amide bonds. The second-order valence-corrected chi connectivity index (χ2v) is 3.64. The molecule has 0 unspecified atom stereocenters. The predicted octanol–water partition coefficient (Wildman–Crippen LogP) is 3.58. The van der Waals surface area contributed by atoms with E-state index in [1.54, 1.807) is 18.3 Å². The Hall–Kier alpha value is -1.72. The summed E-state index contributed by atoms with van der Waals surface area (Å²) in [5.41, 5.74) is 0.665. The smallest absolute Gasteiger partial charge is 0.389 e. The lowest BCUT2D eigenvalue weighted by atomic mass is 10.3. The van der Waals surface area contributed by atoms with Crippen LogP contribution >= 0.6 is 0 Å². The molecule has 17 heavy (non-hydrogen) atoms. The monoisotopic (exact) mass is 244 g/mol. The number of fused-ring (bicyclic) bond motifs is 1. The molecule has 0 bridgehead atoms. The summed E-state index contributed by atoms with van der Waals surface area (Å²) < 4.78 is 40.9. The van der Waals surface area contributed by atoms with E-state index in [1.807, 2.05) is 0 Å². The summed E-state index contributed by atoms with van der Waals surface area (Å²) in [5, 5.41) is 3.65. The number of halogens is 3. The number of hydrogen-bond acceptors (Lipinski definition) is 3. The molecule has 0 atom stereocenters. The molecule has 0 radical (unpaired) electrons. The minimum atomic E-state index is -4.10. The molecule has 1 N–H and O–H groups in total. The highest BCUT2D eigenvalue weighted by Crippen LogP contribution is 2.23. The summed E-state index contributed by atoms with van der Waals surface area (Å²) in [4.78, 5) is 4.06. The first-order valence-electron chi connectivity index (χ1n) is 5.19. The van der Waals surface area contributed by atoms with Gasteiger partial charge in [-0.05, 0) is 18.6 Å². The molecule has 2 aromatic heterocycles. The normalized spacial score (nSPS) is 11.9. The second kappa shape index (κ2) is 4.65. The van der Waals surface area contributed by atoms with Gasteiger partial charge in [0.05, 0.1) is 11.6 Å². The maximum Gasteiger partial charge on any atom is 0.389 e. The van der Waals surface area contributed by atoms with E-state index in [1.165, 1.54) is 6.26 Å². The topological polar surface area (TPSA) is 38.1 Å².